The molecule has 6 heteroatoms. The molecule has 0 spiro atoms. The van der Waals surface area contributed by atoms with Gasteiger partial charge in [0, 0.05) is 24.6 Å². The van der Waals surface area contributed by atoms with E-state index in [1.807, 2.05) is 36.4 Å². The van der Waals surface area contributed by atoms with E-state index in [0.717, 1.165) is 30.5 Å². The molecule has 1 aliphatic rings. The molecule has 138 valence electrons. The molecular weight excluding hydrogens is 350 g/mol. The number of ether oxygens (including phenoxy) is 1. The number of carbonyl (C=O) groups excluding carboxylic acids is 1. The van der Waals surface area contributed by atoms with E-state index < -0.39 is 0 Å². The fraction of sp³-hybridized carbons (Fsp3) is 0.400. The number of benzene rings is 1. The lowest BCUT2D eigenvalue weighted by Gasteiger charge is -2.37. The smallest absolute Gasteiger partial charge is 0.220 e. The standard InChI is InChI=1S/C20H24ClN3O2/c1-24-10-9-17(24)14-26-18-11-16(20(21)23-13-18)12-22-19(25)8-7-15-5-3-2-4-6-15/h2-6,11,13,17H,7-10,12,14H2,1H3,(H,22,25)/t17-/m1/s1. The second-order valence-electron chi connectivity index (χ2n) is 6.62. The molecule has 1 amide bonds. The lowest BCUT2D eigenvalue weighted by molar-refractivity contribution is -0.121. The minimum Gasteiger partial charge on any atom is -0.490 e. The Morgan fingerprint density at radius 2 is 2.19 bits per heavy atom. The number of aromatic nitrogens is 1. The molecular formula is C20H24ClN3O2. The summed E-state index contributed by atoms with van der Waals surface area (Å²) in [5, 5.41) is 3.29. The molecule has 1 aliphatic heterocycles. The summed E-state index contributed by atoms with van der Waals surface area (Å²) in [6.45, 7) is 2.11. The van der Waals surface area contributed by atoms with E-state index in [1.54, 1.807) is 6.20 Å². The number of aryl methyl sites for hydroxylation is 1. The molecule has 1 fully saturated rings. The lowest BCUT2D eigenvalue weighted by Crippen LogP contribution is -2.48. The first-order chi connectivity index (χ1) is 12.6. The highest BCUT2D eigenvalue weighted by atomic mass is 35.5. The van der Waals surface area contributed by atoms with E-state index >= 15 is 0 Å². The van der Waals surface area contributed by atoms with Crippen LogP contribution in [-0.2, 0) is 17.8 Å². The molecule has 2 heterocycles. The van der Waals surface area contributed by atoms with Crippen molar-refractivity contribution in [3.8, 4) is 5.75 Å². The highest BCUT2D eigenvalue weighted by molar-refractivity contribution is 6.30. The zero-order valence-corrected chi connectivity index (χ0v) is 15.7. The van der Waals surface area contributed by atoms with Crippen LogP contribution >= 0.6 is 11.6 Å². The number of likely N-dealkylation sites (tertiary alicyclic amines) is 1. The van der Waals surface area contributed by atoms with Gasteiger partial charge in [0.1, 0.15) is 17.5 Å². The summed E-state index contributed by atoms with van der Waals surface area (Å²) in [5.41, 5.74) is 1.91. The Bertz CT molecular complexity index is 739. The summed E-state index contributed by atoms with van der Waals surface area (Å²) in [4.78, 5) is 18.5. The number of halogens is 1. The fourth-order valence-corrected chi connectivity index (χ4v) is 3.00. The molecule has 26 heavy (non-hydrogen) atoms. The highest BCUT2D eigenvalue weighted by Crippen LogP contribution is 2.21. The van der Waals surface area contributed by atoms with Gasteiger partial charge in [-0.25, -0.2) is 4.98 Å². The first-order valence-electron chi connectivity index (χ1n) is 8.90. The van der Waals surface area contributed by atoms with Crippen LogP contribution in [0.5, 0.6) is 5.75 Å². The van der Waals surface area contributed by atoms with Crippen molar-refractivity contribution in [2.24, 2.45) is 0 Å². The summed E-state index contributed by atoms with van der Waals surface area (Å²) in [5.74, 6) is 0.676. The quantitative estimate of drug-likeness (QED) is 0.722. The Balaban J connectivity index is 1.47. The highest BCUT2D eigenvalue weighted by Gasteiger charge is 2.24. The third-order valence-corrected chi connectivity index (χ3v) is 5.07. The van der Waals surface area contributed by atoms with Crippen molar-refractivity contribution < 1.29 is 9.53 Å². The predicted octanol–water partition coefficient (Wildman–Crippen LogP) is 3.07. The third kappa shape index (κ3) is 5.19. The average molecular weight is 374 g/mol. The second-order valence-corrected chi connectivity index (χ2v) is 6.98. The van der Waals surface area contributed by atoms with Gasteiger partial charge in [-0.05, 0) is 38.1 Å². The molecule has 1 atom stereocenters. The number of rotatable bonds is 8. The van der Waals surface area contributed by atoms with Crippen LogP contribution in [0.25, 0.3) is 0 Å². The number of carbonyl (C=O) groups is 1. The Labute approximate surface area is 159 Å². The van der Waals surface area contributed by atoms with E-state index in [0.29, 0.717) is 36.5 Å². The minimum atomic E-state index is -0.00710. The fourth-order valence-electron chi connectivity index (χ4n) is 2.83. The zero-order valence-electron chi connectivity index (χ0n) is 15.0. The lowest BCUT2D eigenvalue weighted by atomic mass is 10.1. The maximum Gasteiger partial charge on any atom is 0.220 e. The van der Waals surface area contributed by atoms with E-state index in [2.05, 4.69) is 22.2 Å². The minimum absolute atomic E-state index is 0.00710. The first-order valence-corrected chi connectivity index (χ1v) is 9.27. The summed E-state index contributed by atoms with van der Waals surface area (Å²) in [6, 6.07) is 12.3. The molecule has 2 aromatic rings. The monoisotopic (exact) mass is 373 g/mol. The van der Waals surface area contributed by atoms with Crippen molar-refractivity contribution in [1.29, 1.82) is 0 Å². The molecule has 0 radical (unpaired) electrons. The van der Waals surface area contributed by atoms with Crippen LogP contribution in [-0.4, -0.2) is 42.0 Å². The Kier molecular flexibility index (Phi) is 6.47. The molecule has 1 aromatic carbocycles. The van der Waals surface area contributed by atoms with Crippen LogP contribution in [0.4, 0.5) is 0 Å². The topological polar surface area (TPSA) is 54.5 Å². The molecule has 0 bridgehead atoms. The molecule has 5 nitrogen and oxygen atoms in total. The number of nitrogens with one attached hydrogen (secondary N) is 1. The molecule has 1 N–H and O–H groups in total. The van der Waals surface area contributed by atoms with E-state index in [1.165, 1.54) is 0 Å². The summed E-state index contributed by atoms with van der Waals surface area (Å²) < 4.78 is 5.81. The number of nitrogens with zero attached hydrogens (tertiary/aromatic N) is 2. The van der Waals surface area contributed by atoms with Gasteiger partial charge in [-0.15, -0.1) is 0 Å². The van der Waals surface area contributed by atoms with E-state index in [4.69, 9.17) is 16.3 Å². The maximum absolute atomic E-state index is 12.1. The van der Waals surface area contributed by atoms with Gasteiger partial charge in [-0.1, -0.05) is 41.9 Å². The molecule has 3 rings (SSSR count). The summed E-state index contributed by atoms with van der Waals surface area (Å²) in [7, 11) is 2.09. The Morgan fingerprint density at radius 1 is 1.38 bits per heavy atom. The normalized spacial score (nSPS) is 16.8. The van der Waals surface area contributed by atoms with Crippen LogP contribution in [0, 0.1) is 0 Å². The number of hydrogen-bond acceptors (Lipinski definition) is 4. The number of hydrogen-bond donors (Lipinski definition) is 1. The van der Waals surface area contributed by atoms with Gasteiger partial charge in [-0.3, -0.25) is 9.69 Å². The molecule has 0 unspecified atom stereocenters. The van der Waals surface area contributed by atoms with Crippen molar-refractivity contribution >= 4 is 17.5 Å². The van der Waals surface area contributed by atoms with Gasteiger partial charge in [0.15, 0.2) is 0 Å². The van der Waals surface area contributed by atoms with E-state index in [9.17, 15) is 4.79 Å². The van der Waals surface area contributed by atoms with Crippen LogP contribution < -0.4 is 10.1 Å². The molecule has 1 aromatic heterocycles. The molecule has 0 aliphatic carbocycles. The van der Waals surface area contributed by atoms with Gasteiger partial charge in [0.05, 0.1) is 6.20 Å². The van der Waals surface area contributed by atoms with Crippen molar-refractivity contribution in [2.45, 2.75) is 31.8 Å². The van der Waals surface area contributed by atoms with Gasteiger partial charge in [-0.2, -0.15) is 0 Å². The number of likely N-dealkylation sites (N-methyl/N-ethyl adjacent to an activating group) is 1. The molecule has 1 saturated heterocycles. The predicted molar refractivity (Wildman–Crippen MR) is 102 cm³/mol. The van der Waals surface area contributed by atoms with Crippen molar-refractivity contribution in [2.75, 3.05) is 20.2 Å². The van der Waals surface area contributed by atoms with Crippen molar-refractivity contribution in [1.82, 2.24) is 15.2 Å². The number of amides is 1. The second kappa shape index (κ2) is 9.01. The van der Waals surface area contributed by atoms with Crippen molar-refractivity contribution in [3.63, 3.8) is 0 Å². The Hall–Kier alpha value is -2.11. The zero-order chi connectivity index (χ0) is 18.4. The SMILES string of the molecule is CN1CC[C@@H]1COc1cnc(Cl)c(CNC(=O)CCc2ccccc2)c1. The number of pyridine rings is 1. The van der Waals surface area contributed by atoms with Gasteiger partial charge < -0.3 is 10.1 Å². The van der Waals surface area contributed by atoms with Crippen LogP contribution in [0.15, 0.2) is 42.6 Å². The van der Waals surface area contributed by atoms with E-state index in [-0.39, 0.29) is 5.91 Å². The summed E-state index contributed by atoms with van der Waals surface area (Å²) in [6.07, 6.45) is 3.94. The first kappa shape index (κ1) is 18.7. The summed E-state index contributed by atoms with van der Waals surface area (Å²) >= 11 is 6.15. The largest absolute Gasteiger partial charge is 0.490 e. The van der Waals surface area contributed by atoms with Crippen LogP contribution in [0.1, 0.15) is 24.0 Å². The molecule has 0 saturated carbocycles. The van der Waals surface area contributed by atoms with Gasteiger partial charge in [0.2, 0.25) is 5.91 Å². The maximum atomic E-state index is 12.1. The van der Waals surface area contributed by atoms with Crippen LogP contribution in [0.3, 0.4) is 0 Å². The van der Waals surface area contributed by atoms with Gasteiger partial charge >= 0.3 is 0 Å². The Morgan fingerprint density at radius 3 is 2.88 bits per heavy atom. The van der Waals surface area contributed by atoms with Crippen molar-refractivity contribution in [3.05, 3.63) is 58.9 Å². The van der Waals surface area contributed by atoms with Gasteiger partial charge in [0.25, 0.3) is 0 Å². The average Bonchev–Trinajstić information content (AvgIpc) is 2.66. The third-order valence-electron chi connectivity index (χ3n) is 4.73. The van der Waals surface area contributed by atoms with Crippen LogP contribution in [0.2, 0.25) is 5.15 Å².